The Hall–Kier alpha value is -3.32. The molecule has 1 amide bonds. The van der Waals surface area contributed by atoms with Crippen molar-refractivity contribution in [3.63, 3.8) is 0 Å². The van der Waals surface area contributed by atoms with Gasteiger partial charge in [-0.1, -0.05) is 35.9 Å². The van der Waals surface area contributed by atoms with Crippen LogP contribution in [0.15, 0.2) is 77.7 Å². The van der Waals surface area contributed by atoms with Gasteiger partial charge < -0.3 is 9.64 Å². The lowest BCUT2D eigenvalue weighted by atomic mass is 10.1. The molecule has 6 nitrogen and oxygen atoms in total. The summed E-state index contributed by atoms with van der Waals surface area (Å²) in [5, 5.41) is 0. The molecule has 0 spiro atoms. The van der Waals surface area contributed by atoms with Gasteiger partial charge in [0.2, 0.25) is 0 Å². The number of hydrogen-bond acceptors (Lipinski definition) is 4. The van der Waals surface area contributed by atoms with Gasteiger partial charge in [0.05, 0.1) is 12.0 Å². The fourth-order valence-electron chi connectivity index (χ4n) is 3.48. The summed E-state index contributed by atoms with van der Waals surface area (Å²) in [6, 6.07) is 21.1. The third kappa shape index (κ3) is 5.11. The molecule has 1 aliphatic rings. The second-order valence-corrected chi connectivity index (χ2v) is 9.69. The molecule has 0 heterocycles. The van der Waals surface area contributed by atoms with E-state index in [-0.39, 0.29) is 16.8 Å². The summed E-state index contributed by atoms with van der Waals surface area (Å²) in [6.07, 6.45) is 1.91. The molecule has 1 saturated carbocycles. The lowest BCUT2D eigenvalue weighted by Crippen LogP contribution is -2.32. The van der Waals surface area contributed by atoms with E-state index in [0.717, 1.165) is 29.7 Å². The number of anilines is 1. The van der Waals surface area contributed by atoms with Gasteiger partial charge in [0.25, 0.3) is 15.9 Å². The number of nitrogens with one attached hydrogen (secondary N) is 1. The highest BCUT2D eigenvalue weighted by molar-refractivity contribution is 7.92. The van der Waals surface area contributed by atoms with E-state index in [4.69, 9.17) is 4.74 Å². The van der Waals surface area contributed by atoms with Crippen LogP contribution in [0.1, 0.15) is 34.3 Å². The second kappa shape index (κ2) is 9.04. The molecule has 0 radical (unpaired) electrons. The lowest BCUT2D eigenvalue weighted by Gasteiger charge is -2.23. The van der Waals surface area contributed by atoms with Crippen molar-refractivity contribution >= 4 is 21.6 Å². The van der Waals surface area contributed by atoms with E-state index in [1.54, 1.807) is 31.4 Å². The van der Waals surface area contributed by atoms with Gasteiger partial charge in [0, 0.05) is 23.8 Å². The first-order valence-electron chi connectivity index (χ1n) is 10.5. The van der Waals surface area contributed by atoms with Crippen molar-refractivity contribution in [1.29, 1.82) is 0 Å². The Morgan fingerprint density at radius 1 is 1.03 bits per heavy atom. The smallest absolute Gasteiger partial charge is 0.261 e. The second-order valence-electron chi connectivity index (χ2n) is 8.01. The fourth-order valence-corrected chi connectivity index (χ4v) is 4.58. The lowest BCUT2D eigenvalue weighted by molar-refractivity contribution is 0.0729. The fraction of sp³-hybridized carbons (Fsp3) is 0.240. The molecule has 0 atom stereocenters. The number of carbonyl (C=O) groups excluding carboxylic acids is 1. The first kappa shape index (κ1) is 21.9. The molecule has 3 aromatic rings. The Morgan fingerprint density at radius 2 is 1.72 bits per heavy atom. The molecule has 0 aromatic heterocycles. The van der Waals surface area contributed by atoms with E-state index < -0.39 is 10.0 Å². The van der Waals surface area contributed by atoms with Crippen LogP contribution < -0.4 is 9.46 Å². The van der Waals surface area contributed by atoms with Crippen LogP contribution in [0.3, 0.4) is 0 Å². The van der Waals surface area contributed by atoms with E-state index in [0.29, 0.717) is 17.8 Å². The van der Waals surface area contributed by atoms with Gasteiger partial charge >= 0.3 is 0 Å². The maximum Gasteiger partial charge on any atom is 0.261 e. The Bertz CT molecular complexity index is 1200. The minimum Gasteiger partial charge on any atom is -0.497 e. The summed E-state index contributed by atoms with van der Waals surface area (Å²) >= 11 is 0. The topological polar surface area (TPSA) is 75.7 Å². The Kier molecular flexibility index (Phi) is 6.19. The van der Waals surface area contributed by atoms with Crippen molar-refractivity contribution in [2.24, 2.45) is 0 Å². The first-order chi connectivity index (χ1) is 15.4. The number of rotatable bonds is 8. The normalized spacial score (nSPS) is 13.4. The number of benzene rings is 3. The standard InChI is InChI=1S/C25H26N2O4S/c1-18-6-10-21(11-7-18)26-32(29,30)24-5-3-4-20(16-24)25(28)27(22-12-13-22)17-19-8-14-23(31-2)15-9-19/h3-11,14-16,22,26H,12-13,17H2,1-2H3. The van der Waals surface area contributed by atoms with Crippen molar-refractivity contribution in [3.8, 4) is 5.75 Å². The molecule has 1 aliphatic carbocycles. The van der Waals surface area contributed by atoms with Crippen molar-refractivity contribution in [2.75, 3.05) is 11.8 Å². The van der Waals surface area contributed by atoms with Crippen LogP contribution >= 0.6 is 0 Å². The largest absolute Gasteiger partial charge is 0.497 e. The number of ether oxygens (including phenoxy) is 1. The van der Waals surface area contributed by atoms with Gasteiger partial charge in [-0.15, -0.1) is 0 Å². The zero-order valence-electron chi connectivity index (χ0n) is 18.1. The van der Waals surface area contributed by atoms with E-state index in [1.807, 2.05) is 48.2 Å². The summed E-state index contributed by atoms with van der Waals surface area (Å²) in [4.78, 5) is 15.2. The number of hydrogen-bond donors (Lipinski definition) is 1. The molecule has 0 saturated heterocycles. The van der Waals surface area contributed by atoms with E-state index in [2.05, 4.69) is 4.72 Å². The predicted molar refractivity (Wildman–Crippen MR) is 124 cm³/mol. The van der Waals surface area contributed by atoms with Crippen molar-refractivity contribution in [1.82, 2.24) is 4.90 Å². The Balaban J connectivity index is 1.55. The third-order valence-corrected chi connectivity index (χ3v) is 6.83. The summed E-state index contributed by atoms with van der Waals surface area (Å²) in [6.45, 7) is 2.40. The average Bonchev–Trinajstić information content (AvgIpc) is 3.64. The highest BCUT2D eigenvalue weighted by Gasteiger charge is 2.33. The number of methoxy groups -OCH3 is 1. The zero-order chi connectivity index (χ0) is 22.7. The van der Waals surface area contributed by atoms with E-state index in [9.17, 15) is 13.2 Å². The number of sulfonamides is 1. The Morgan fingerprint density at radius 3 is 2.34 bits per heavy atom. The molecule has 7 heteroatoms. The van der Waals surface area contributed by atoms with Gasteiger partial charge in [0.1, 0.15) is 5.75 Å². The molecular weight excluding hydrogens is 424 g/mol. The molecular formula is C25H26N2O4S. The van der Waals surface area contributed by atoms with Crippen molar-refractivity contribution in [2.45, 2.75) is 37.2 Å². The molecule has 4 rings (SSSR count). The highest BCUT2D eigenvalue weighted by atomic mass is 32.2. The van der Waals surface area contributed by atoms with E-state index >= 15 is 0 Å². The molecule has 1 fully saturated rings. The quantitative estimate of drug-likeness (QED) is 0.544. The van der Waals surface area contributed by atoms with Crippen LogP contribution in [0.5, 0.6) is 5.75 Å². The van der Waals surface area contributed by atoms with E-state index in [1.165, 1.54) is 12.1 Å². The van der Waals surface area contributed by atoms with Gasteiger partial charge in [-0.2, -0.15) is 0 Å². The summed E-state index contributed by atoms with van der Waals surface area (Å²) in [5.74, 6) is 0.590. The minimum atomic E-state index is -3.81. The molecule has 0 bridgehead atoms. The van der Waals surface area contributed by atoms with Crippen LogP contribution in [0, 0.1) is 6.92 Å². The number of nitrogens with zero attached hydrogens (tertiary/aromatic N) is 1. The summed E-state index contributed by atoms with van der Waals surface area (Å²) in [7, 11) is -2.20. The number of carbonyl (C=O) groups is 1. The SMILES string of the molecule is COc1ccc(CN(C(=O)c2cccc(S(=O)(=O)Nc3ccc(C)cc3)c2)C2CC2)cc1. The number of amides is 1. The Labute approximate surface area is 188 Å². The minimum absolute atomic E-state index is 0.0594. The van der Waals surface area contributed by atoms with Gasteiger partial charge in [-0.3, -0.25) is 9.52 Å². The molecule has 0 aliphatic heterocycles. The third-order valence-electron chi connectivity index (χ3n) is 5.46. The average molecular weight is 451 g/mol. The van der Waals surface area contributed by atoms with Crippen LogP contribution in [0.2, 0.25) is 0 Å². The van der Waals surface area contributed by atoms with Crippen LogP contribution in [0.25, 0.3) is 0 Å². The molecule has 1 N–H and O–H groups in total. The maximum atomic E-state index is 13.3. The molecule has 32 heavy (non-hydrogen) atoms. The first-order valence-corrected chi connectivity index (χ1v) is 12.0. The van der Waals surface area contributed by atoms with Gasteiger partial charge in [-0.05, 0) is 67.8 Å². The van der Waals surface area contributed by atoms with Crippen molar-refractivity contribution in [3.05, 3.63) is 89.5 Å². The highest BCUT2D eigenvalue weighted by Crippen LogP contribution is 2.30. The van der Waals surface area contributed by atoms with Crippen LogP contribution in [-0.4, -0.2) is 32.4 Å². The number of aryl methyl sites for hydroxylation is 1. The summed E-state index contributed by atoms with van der Waals surface area (Å²) in [5.41, 5.74) is 2.87. The summed E-state index contributed by atoms with van der Waals surface area (Å²) < 4.78 is 33.5. The molecule has 0 unspecified atom stereocenters. The zero-order valence-corrected chi connectivity index (χ0v) is 18.9. The van der Waals surface area contributed by atoms with Gasteiger partial charge in [0.15, 0.2) is 0 Å². The van der Waals surface area contributed by atoms with Gasteiger partial charge in [-0.25, -0.2) is 8.42 Å². The molecule has 166 valence electrons. The maximum absolute atomic E-state index is 13.3. The molecule has 3 aromatic carbocycles. The van der Waals surface area contributed by atoms with Crippen LogP contribution in [0.4, 0.5) is 5.69 Å². The van der Waals surface area contributed by atoms with Crippen LogP contribution in [-0.2, 0) is 16.6 Å². The predicted octanol–water partition coefficient (Wildman–Crippen LogP) is 4.61. The van der Waals surface area contributed by atoms with Crippen molar-refractivity contribution < 1.29 is 17.9 Å². The monoisotopic (exact) mass is 450 g/mol.